The molecule has 5 atom stereocenters. The van der Waals surface area contributed by atoms with E-state index in [1.807, 2.05) is 33.8 Å². The first-order valence-electron chi connectivity index (χ1n) is 9.96. The predicted molar refractivity (Wildman–Crippen MR) is 140 cm³/mol. The van der Waals surface area contributed by atoms with Gasteiger partial charge in [-0.05, 0) is 37.0 Å². The first-order chi connectivity index (χ1) is 11.6. The lowest BCUT2D eigenvalue weighted by atomic mass is 9.67. The topological polar surface area (TPSA) is 43.4 Å². The number of esters is 1. The molecule has 0 radical (unpaired) electrons. The Kier molecular flexibility index (Phi) is 20.0. The molecule has 0 N–H and O–H groups in total. The van der Waals surface area contributed by atoms with Gasteiger partial charge >= 0.3 is 5.97 Å². The van der Waals surface area contributed by atoms with Crippen LogP contribution in [-0.2, 0) is 14.3 Å². The number of carbonyl (C=O) groups is 2. The molecule has 170 valence electrons. The minimum atomic E-state index is -0.861. The molecule has 1 aliphatic heterocycles. The molecule has 7 heteroatoms. The molecule has 28 heavy (non-hydrogen) atoms. The van der Waals surface area contributed by atoms with E-state index in [0.29, 0.717) is 18.3 Å². The van der Waals surface area contributed by atoms with Crippen LogP contribution in [0.15, 0.2) is 12.2 Å². The molecule has 0 bridgehead atoms. The molecule has 0 unspecified atom stereocenters. The van der Waals surface area contributed by atoms with Gasteiger partial charge in [0.1, 0.15) is 5.78 Å². The van der Waals surface area contributed by atoms with E-state index < -0.39 is 12.0 Å². The van der Waals surface area contributed by atoms with Crippen LogP contribution in [0.4, 0.5) is 0 Å². The third-order valence-corrected chi connectivity index (χ3v) is 6.08. The second-order valence-electron chi connectivity index (χ2n) is 8.11. The number of ether oxygens (including phenoxy) is 1. The van der Waals surface area contributed by atoms with Crippen LogP contribution in [-0.4, -0.2) is 18.3 Å². The van der Waals surface area contributed by atoms with Gasteiger partial charge in [0.25, 0.3) is 0 Å². The molecule has 0 aromatic carbocycles. The zero-order valence-corrected chi connectivity index (χ0v) is 22.3. The van der Waals surface area contributed by atoms with Crippen molar-refractivity contribution in [2.24, 2.45) is 29.1 Å². The Morgan fingerprint density at radius 2 is 1.54 bits per heavy atom. The molecular weight excluding hydrogens is 428 g/mol. The van der Waals surface area contributed by atoms with Gasteiger partial charge in [-0.15, -0.1) is 0 Å². The monoisotopic (exact) mass is 473 g/mol. The number of rotatable bonds is 0. The fraction of sp³-hybridized carbons (Fsp3) is 0.810. The van der Waals surface area contributed by atoms with Crippen LogP contribution >= 0.6 is 54.0 Å². The maximum Gasteiger partial charge on any atom is 0.306 e. The van der Waals surface area contributed by atoms with Crippen molar-refractivity contribution in [2.75, 3.05) is 6.58 Å². The van der Waals surface area contributed by atoms with Gasteiger partial charge in [0, 0.05) is 17.8 Å². The van der Waals surface area contributed by atoms with E-state index in [2.05, 4.69) is 19.9 Å². The summed E-state index contributed by atoms with van der Waals surface area (Å²) in [6.07, 6.45) is 7.73. The van der Waals surface area contributed by atoms with Crippen LogP contribution < -0.4 is 0 Å². The number of cyclic esters (lactones) is 1. The zero-order valence-electron chi connectivity index (χ0n) is 19.3. The molecule has 0 aliphatic carbocycles. The SMILES string of the molecule is S.S.S.S.[2H][C@@H]1C/C=C\CCC[C@@H](C)[C@H](C)[C@@H](C)C(=O)C(C)(C)[C@@H](C)CC(=O)O1. The normalized spacial score (nSPS) is 33.4. The van der Waals surface area contributed by atoms with Gasteiger partial charge in [-0.2, -0.15) is 54.0 Å². The van der Waals surface area contributed by atoms with E-state index in [1.165, 1.54) is 0 Å². The van der Waals surface area contributed by atoms with Crippen LogP contribution in [0.3, 0.4) is 0 Å². The van der Waals surface area contributed by atoms with Crippen LogP contribution in [0, 0.1) is 29.1 Å². The minimum absolute atomic E-state index is 0. The second kappa shape index (κ2) is 17.0. The molecule has 3 nitrogen and oxygen atoms in total. The maximum absolute atomic E-state index is 13.1. The Morgan fingerprint density at radius 3 is 2.11 bits per heavy atom. The molecule has 0 amide bonds. The van der Waals surface area contributed by atoms with Crippen molar-refractivity contribution < 1.29 is 15.7 Å². The average molecular weight is 474 g/mol. The second-order valence-corrected chi connectivity index (χ2v) is 8.11. The Labute approximate surface area is 202 Å². The van der Waals surface area contributed by atoms with Gasteiger partial charge in [0.2, 0.25) is 0 Å². The standard InChI is InChI=1S/C21H36O3.4H2S/c1-15-12-10-8-7-9-11-13-24-19(22)14-16(2)21(5,6)20(23)18(4)17(15)3;;;;/h7,9,15-18H,8,10-14H2,1-6H3;4*1H2/b9-7-;;;;/t15-,16+,17+,18-;;;;/m1..../s1/i13D;;;;/t13-,15-,16+,17+,18-;;;;. The Hall–Kier alpha value is 0.280. The van der Waals surface area contributed by atoms with Gasteiger partial charge in [0.15, 0.2) is 0 Å². The third-order valence-electron chi connectivity index (χ3n) is 6.08. The summed E-state index contributed by atoms with van der Waals surface area (Å²) in [5.74, 6) is 0.495. The van der Waals surface area contributed by atoms with Crippen LogP contribution in [0.25, 0.3) is 0 Å². The highest BCUT2D eigenvalue weighted by atomic mass is 32.1. The first kappa shape index (κ1) is 32.9. The van der Waals surface area contributed by atoms with E-state index in [1.54, 1.807) is 0 Å². The van der Waals surface area contributed by atoms with E-state index in [4.69, 9.17) is 6.11 Å². The van der Waals surface area contributed by atoms with Crippen molar-refractivity contribution in [3.63, 3.8) is 0 Å². The summed E-state index contributed by atoms with van der Waals surface area (Å²) >= 11 is 0. The van der Waals surface area contributed by atoms with Crippen molar-refractivity contribution in [2.45, 2.75) is 73.6 Å². The summed E-state index contributed by atoms with van der Waals surface area (Å²) in [7, 11) is 0. The molecule has 1 heterocycles. The van der Waals surface area contributed by atoms with Gasteiger partial charge in [-0.3, -0.25) is 9.59 Å². The number of carbonyl (C=O) groups excluding carboxylic acids is 2. The van der Waals surface area contributed by atoms with E-state index in [0.717, 1.165) is 19.3 Å². The van der Waals surface area contributed by atoms with Gasteiger partial charge < -0.3 is 4.74 Å². The number of ketones is 1. The molecule has 0 saturated heterocycles. The summed E-state index contributed by atoms with van der Waals surface area (Å²) in [5.41, 5.74) is -0.582. The molecule has 1 rings (SSSR count). The summed E-state index contributed by atoms with van der Waals surface area (Å²) in [5, 5.41) is 0. The summed E-state index contributed by atoms with van der Waals surface area (Å²) in [6, 6.07) is 0. The molecule has 0 saturated carbocycles. The van der Waals surface area contributed by atoms with Gasteiger partial charge in [-0.1, -0.05) is 60.1 Å². The van der Waals surface area contributed by atoms with Crippen molar-refractivity contribution in [1.82, 2.24) is 0 Å². The third kappa shape index (κ3) is 10.9. The lowest BCUT2D eigenvalue weighted by Gasteiger charge is -2.35. The summed E-state index contributed by atoms with van der Waals surface area (Å²) in [6.45, 7) is 11.4. The summed E-state index contributed by atoms with van der Waals surface area (Å²) < 4.78 is 13.0. The fourth-order valence-corrected chi connectivity index (χ4v) is 3.35. The van der Waals surface area contributed by atoms with Crippen molar-refractivity contribution in [3.05, 3.63) is 12.2 Å². The smallest absolute Gasteiger partial charge is 0.306 e. The highest BCUT2D eigenvalue weighted by Gasteiger charge is 2.39. The lowest BCUT2D eigenvalue weighted by Crippen LogP contribution is -2.39. The Bertz CT molecular complexity index is 500. The number of Topliss-reactive ketones (excluding diaryl/α,β-unsaturated/α-hetero) is 1. The quantitative estimate of drug-likeness (QED) is 0.338. The van der Waals surface area contributed by atoms with E-state index in [-0.39, 0.29) is 84.0 Å². The first-order valence-corrected chi connectivity index (χ1v) is 9.38. The number of allylic oxidation sites excluding steroid dienone is 1. The largest absolute Gasteiger partial charge is 0.465 e. The predicted octanol–water partition coefficient (Wildman–Crippen LogP) is 5.64. The molecule has 1 aliphatic rings. The van der Waals surface area contributed by atoms with Crippen LogP contribution in [0.1, 0.15) is 75.0 Å². The van der Waals surface area contributed by atoms with E-state index >= 15 is 0 Å². The highest BCUT2D eigenvalue weighted by molar-refractivity contribution is 7.59. The zero-order chi connectivity index (χ0) is 19.2. The molecule has 0 spiro atoms. The molecular formula is C21H44O3S4. The number of hydrogen-bond acceptors (Lipinski definition) is 3. The maximum atomic E-state index is 13.1. The van der Waals surface area contributed by atoms with Crippen LogP contribution in [0.2, 0.25) is 0 Å². The molecule has 0 aromatic heterocycles. The van der Waals surface area contributed by atoms with Crippen molar-refractivity contribution >= 4 is 65.7 Å². The van der Waals surface area contributed by atoms with E-state index in [9.17, 15) is 9.59 Å². The van der Waals surface area contributed by atoms with Crippen molar-refractivity contribution in [1.29, 1.82) is 0 Å². The van der Waals surface area contributed by atoms with Gasteiger partial charge in [-0.25, -0.2) is 0 Å². The molecule has 0 fully saturated rings. The van der Waals surface area contributed by atoms with Crippen molar-refractivity contribution in [3.8, 4) is 0 Å². The van der Waals surface area contributed by atoms with Gasteiger partial charge in [0.05, 0.1) is 7.95 Å². The Morgan fingerprint density at radius 1 is 1.00 bits per heavy atom. The minimum Gasteiger partial charge on any atom is -0.465 e. The fourth-order valence-electron chi connectivity index (χ4n) is 3.35. The summed E-state index contributed by atoms with van der Waals surface area (Å²) in [4.78, 5) is 25.2. The number of hydrogen-bond donors (Lipinski definition) is 0. The average Bonchev–Trinajstić information content (AvgIpc) is 2.54. The van der Waals surface area contributed by atoms with Crippen LogP contribution in [0.5, 0.6) is 0 Å². The molecule has 0 aromatic rings. The Balaban J connectivity index is -0.000000781. The highest BCUT2D eigenvalue weighted by Crippen LogP contribution is 2.37. The lowest BCUT2D eigenvalue weighted by molar-refractivity contribution is -0.147.